The average Bonchev–Trinajstić information content (AvgIpc) is 2.26. The van der Waals surface area contributed by atoms with Crippen molar-refractivity contribution < 1.29 is 9.84 Å². The fourth-order valence-corrected chi connectivity index (χ4v) is 2.44. The van der Waals surface area contributed by atoms with Crippen molar-refractivity contribution in [2.24, 2.45) is 0 Å². The van der Waals surface area contributed by atoms with Gasteiger partial charge in [0.1, 0.15) is 0 Å². The summed E-state index contributed by atoms with van der Waals surface area (Å²) < 4.78 is 5.53. The SMILES string of the molecule is CCCOCCN1CCCCC1CC(C)O. The molecule has 0 aromatic carbocycles. The summed E-state index contributed by atoms with van der Waals surface area (Å²) in [5.41, 5.74) is 0. The third kappa shape index (κ3) is 5.28. The molecule has 0 aromatic rings. The molecule has 96 valence electrons. The molecule has 0 aliphatic carbocycles. The van der Waals surface area contributed by atoms with Crippen LogP contribution in [0.4, 0.5) is 0 Å². The van der Waals surface area contributed by atoms with Crippen LogP contribution in [0.15, 0.2) is 0 Å². The maximum atomic E-state index is 9.47. The van der Waals surface area contributed by atoms with Crippen molar-refractivity contribution in [3.63, 3.8) is 0 Å². The number of hydrogen-bond acceptors (Lipinski definition) is 3. The van der Waals surface area contributed by atoms with E-state index in [1.807, 2.05) is 6.92 Å². The van der Waals surface area contributed by atoms with Gasteiger partial charge >= 0.3 is 0 Å². The zero-order valence-electron chi connectivity index (χ0n) is 10.8. The summed E-state index contributed by atoms with van der Waals surface area (Å²) in [6.45, 7) is 7.93. The van der Waals surface area contributed by atoms with Gasteiger partial charge in [-0.2, -0.15) is 0 Å². The van der Waals surface area contributed by atoms with Gasteiger partial charge in [0.15, 0.2) is 0 Å². The van der Waals surface area contributed by atoms with Crippen molar-refractivity contribution >= 4 is 0 Å². The van der Waals surface area contributed by atoms with Crippen LogP contribution in [-0.4, -0.2) is 48.5 Å². The molecular weight excluding hydrogens is 202 g/mol. The monoisotopic (exact) mass is 229 g/mol. The van der Waals surface area contributed by atoms with Gasteiger partial charge in [0.05, 0.1) is 12.7 Å². The molecule has 1 N–H and O–H groups in total. The van der Waals surface area contributed by atoms with Crippen LogP contribution in [-0.2, 0) is 4.74 Å². The number of aliphatic hydroxyl groups is 1. The first-order chi connectivity index (χ1) is 7.74. The molecule has 1 rings (SSSR count). The fraction of sp³-hybridized carbons (Fsp3) is 1.00. The van der Waals surface area contributed by atoms with E-state index in [9.17, 15) is 5.11 Å². The van der Waals surface area contributed by atoms with Gasteiger partial charge in [-0.1, -0.05) is 13.3 Å². The topological polar surface area (TPSA) is 32.7 Å². The molecule has 0 saturated carbocycles. The summed E-state index contributed by atoms with van der Waals surface area (Å²) in [5, 5.41) is 9.47. The number of piperidine rings is 1. The zero-order valence-corrected chi connectivity index (χ0v) is 10.8. The Hall–Kier alpha value is -0.120. The second-order valence-corrected chi connectivity index (χ2v) is 4.88. The van der Waals surface area contributed by atoms with Crippen LogP contribution >= 0.6 is 0 Å². The van der Waals surface area contributed by atoms with Gasteiger partial charge in [-0.15, -0.1) is 0 Å². The molecule has 3 heteroatoms. The molecule has 1 fully saturated rings. The fourth-order valence-electron chi connectivity index (χ4n) is 2.44. The number of likely N-dealkylation sites (tertiary alicyclic amines) is 1. The van der Waals surface area contributed by atoms with Crippen LogP contribution < -0.4 is 0 Å². The maximum Gasteiger partial charge on any atom is 0.0593 e. The third-order valence-corrected chi connectivity index (χ3v) is 3.23. The van der Waals surface area contributed by atoms with E-state index in [4.69, 9.17) is 4.74 Å². The van der Waals surface area contributed by atoms with Crippen molar-refractivity contribution in [2.75, 3.05) is 26.3 Å². The van der Waals surface area contributed by atoms with Gasteiger partial charge in [0, 0.05) is 19.2 Å². The molecule has 2 atom stereocenters. The second-order valence-electron chi connectivity index (χ2n) is 4.88. The molecule has 1 aliphatic heterocycles. The molecule has 1 saturated heterocycles. The van der Waals surface area contributed by atoms with Gasteiger partial charge < -0.3 is 9.84 Å². The first-order valence-corrected chi connectivity index (χ1v) is 6.74. The van der Waals surface area contributed by atoms with E-state index in [1.54, 1.807) is 0 Å². The quantitative estimate of drug-likeness (QED) is 0.678. The van der Waals surface area contributed by atoms with Gasteiger partial charge in [-0.3, -0.25) is 4.90 Å². The Labute approximate surface area is 99.8 Å². The zero-order chi connectivity index (χ0) is 11.8. The summed E-state index contributed by atoms with van der Waals surface area (Å²) in [4.78, 5) is 2.49. The summed E-state index contributed by atoms with van der Waals surface area (Å²) >= 11 is 0. The number of hydrogen-bond donors (Lipinski definition) is 1. The minimum Gasteiger partial charge on any atom is -0.393 e. The van der Waals surface area contributed by atoms with Crippen LogP contribution in [0.5, 0.6) is 0 Å². The smallest absolute Gasteiger partial charge is 0.0593 e. The lowest BCUT2D eigenvalue weighted by Gasteiger charge is -2.36. The summed E-state index contributed by atoms with van der Waals surface area (Å²) in [5.74, 6) is 0. The highest BCUT2D eigenvalue weighted by molar-refractivity contribution is 4.78. The first-order valence-electron chi connectivity index (χ1n) is 6.74. The highest BCUT2D eigenvalue weighted by Gasteiger charge is 2.22. The van der Waals surface area contributed by atoms with Crippen LogP contribution in [0.1, 0.15) is 46.0 Å². The van der Waals surface area contributed by atoms with Crippen molar-refractivity contribution in [3.8, 4) is 0 Å². The minimum atomic E-state index is -0.179. The van der Waals surface area contributed by atoms with Gasteiger partial charge in [0.2, 0.25) is 0 Å². The molecule has 1 heterocycles. The van der Waals surface area contributed by atoms with E-state index in [1.165, 1.54) is 25.8 Å². The van der Waals surface area contributed by atoms with E-state index >= 15 is 0 Å². The van der Waals surface area contributed by atoms with Crippen molar-refractivity contribution in [1.82, 2.24) is 4.90 Å². The van der Waals surface area contributed by atoms with Crippen LogP contribution in [0.2, 0.25) is 0 Å². The van der Waals surface area contributed by atoms with Crippen LogP contribution in [0.25, 0.3) is 0 Å². The van der Waals surface area contributed by atoms with Gasteiger partial charge in [0.25, 0.3) is 0 Å². The van der Waals surface area contributed by atoms with E-state index < -0.39 is 0 Å². The average molecular weight is 229 g/mol. The molecule has 0 spiro atoms. The van der Waals surface area contributed by atoms with Gasteiger partial charge in [-0.05, 0) is 39.2 Å². The Kier molecular flexibility index (Phi) is 7.01. The molecule has 2 unspecified atom stereocenters. The minimum absolute atomic E-state index is 0.179. The molecule has 0 radical (unpaired) electrons. The predicted molar refractivity (Wildman–Crippen MR) is 66.6 cm³/mol. The van der Waals surface area contributed by atoms with Gasteiger partial charge in [-0.25, -0.2) is 0 Å². The van der Waals surface area contributed by atoms with E-state index in [0.29, 0.717) is 6.04 Å². The number of ether oxygens (including phenoxy) is 1. The van der Waals surface area contributed by atoms with Crippen molar-refractivity contribution in [2.45, 2.75) is 58.1 Å². The van der Waals surface area contributed by atoms with E-state index in [-0.39, 0.29) is 6.10 Å². The number of aliphatic hydroxyl groups excluding tert-OH is 1. The predicted octanol–water partition coefficient (Wildman–Crippen LogP) is 2.04. The molecular formula is C13H27NO2. The van der Waals surface area contributed by atoms with Crippen molar-refractivity contribution in [3.05, 3.63) is 0 Å². The second kappa shape index (κ2) is 8.04. The normalized spacial score (nSPS) is 24.6. The summed E-state index contributed by atoms with van der Waals surface area (Å²) in [6.07, 6.45) is 5.67. The van der Waals surface area contributed by atoms with E-state index in [0.717, 1.165) is 32.6 Å². The Morgan fingerprint density at radius 2 is 2.19 bits per heavy atom. The Morgan fingerprint density at radius 1 is 1.38 bits per heavy atom. The van der Waals surface area contributed by atoms with Crippen LogP contribution in [0.3, 0.4) is 0 Å². The Balaban J connectivity index is 2.23. The Morgan fingerprint density at radius 3 is 2.88 bits per heavy atom. The highest BCUT2D eigenvalue weighted by Crippen LogP contribution is 2.20. The first kappa shape index (κ1) is 13.9. The molecule has 16 heavy (non-hydrogen) atoms. The molecule has 0 amide bonds. The standard InChI is InChI=1S/C13H27NO2/c1-3-9-16-10-8-14-7-5-4-6-13(14)11-12(2)15/h12-13,15H,3-11H2,1-2H3. The Bertz CT molecular complexity index is 173. The van der Waals surface area contributed by atoms with Crippen LogP contribution in [0, 0.1) is 0 Å². The number of rotatable bonds is 7. The lowest BCUT2D eigenvalue weighted by atomic mass is 9.97. The lowest BCUT2D eigenvalue weighted by Crippen LogP contribution is -2.42. The number of nitrogens with zero attached hydrogens (tertiary/aromatic N) is 1. The summed E-state index contributed by atoms with van der Waals surface area (Å²) in [7, 11) is 0. The van der Waals surface area contributed by atoms with E-state index in [2.05, 4.69) is 11.8 Å². The highest BCUT2D eigenvalue weighted by atomic mass is 16.5. The third-order valence-electron chi connectivity index (χ3n) is 3.23. The largest absolute Gasteiger partial charge is 0.393 e. The maximum absolute atomic E-state index is 9.47. The molecule has 0 bridgehead atoms. The lowest BCUT2D eigenvalue weighted by molar-refractivity contribution is 0.0505. The molecule has 3 nitrogen and oxygen atoms in total. The molecule has 1 aliphatic rings. The summed E-state index contributed by atoms with van der Waals surface area (Å²) in [6, 6.07) is 0.568. The van der Waals surface area contributed by atoms with Crippen molar-refractivity contribution in [1.29, 1.82) is 0 Å². The molecule has 0 aromatic heterocycles.